The van der Waals surface area contributed by atoms with Crippen LogP contribution in [0.4, 0.5) is 5.69 Å². The molecule has 0 fully saturated rings. The number of phenolic OH excluding ortho intramolecular Hbond substituents is 1. The van der Waals surface area contributed by atoms with Crippen LogP contribution in [0.3, 0.4) is 0 Å². The van der Waals surface area contributed by atoms with Gasteiger partial charge in [-0.15, -0.1) is 0 Å². The van der Waals surface area contributed by atoms with E-state index in [4.69, 9.17) is 33.1 Å². The molecule has 15 nitrogen and oxygen atoms in total. The third-order valence-corrected chi connectivity index (χ3v) is 12.7. The summed E-state index contributed by atoms with van der Waals surface area (Å²) in [7, 11) is 5.33. The Labute approximate surface area is 367 Å². The molecule has 338 valence electrons. The van der Waals surface area contributed by atoms with Gasteiger partial charge < -0.3 is 48.5 Å². The second kappa shape index (κ2) is 18.5. The summed E-state index contributed by atoms with van der Waals surface area (Å²) < 4.78 is 36.8. The Morgan fingerprint density at radius 1 is 1.00 bits per heavy atom. The van der Waals surface area contributed by atoms with E-state index >= 15 is 0 Å². The molecular formula is C48H59N3O12. The second-order valence-electron chi connectivity index (χ2n) is 17.4. The van der Waals surface area contributed by atoms with Crippen LogP contribution in [0.5, 0.6) is 17.2 Å². The highest BCUT2D eigenvalue weighted by atomic mass is 16.7. The monoisotopic (exact) mass is 869 g/mol. The zero-order valence-corrected chi connectivity index (χ0v) is 38.0. The van der Waals surface area contributed by atoms with Crippen LogP contribution in [0.25, 0.3) is 33.3 Å². The minimum atomic E-state index is -2.01. The topological polar surface area (TPSA) is 196 Å². The maximum absolute atomic E-state index is 14.8. The Morgan fingerprint density at radius 2 is 1.71 bits per heavy atom. The average Bonchev–Trinajstić information content (AvgIpc) is 3.51. The molecule has 9 atom stereocenters. The number of phenols is 1. The number of Topliss-reactive ketones (excluding diaryl/α,β-unsaturated/α-hetero) is 1. The molecule has 3 N–H and O–H groups in total. The summed E-state index contributed by atoms with van der Waals surface area (Å²) in [5.74, 6) is -5.59. The van der Waals surface area contributed by atoms with Gasteiger partial charge in [-0.2, -0.15) is 0 Å². The number of para-hydroxylation sites is 1. The van der Waals surface area contributed by atoms with E-state index in [1.165, 1.54) is 34.1 Å². The number of aromatic hydroxyl groups is 1. The van der Waals surface area contributed by atoms with Crippen molar-refractivity contribution in [3.63, 3.8) is 0 Å². The van der Waals surface area contributed by atoms with Crippen molar-refractivity contribution in [3.05, 3.63) is 75.7 Å². The number of ether oxygens (including phenoxy) is 5. The van der Waals surface area contributed by atoms with Gasteiger partial charge in [0.1, 0.15) is 46.9 Å². The molecule has 0 saturated heterocycles. The van der Waals surface area contributed by atoms with Crippen LogP contribution in [0.15, 0.2) is 63.6 Å². The fourth-order valence-electron chi connectivity index (χ4n) is 8.47. The van der Waals surface area contributed by atoms with Crippen molar-refractivity contribution in [2.45, 2.75) is 86.4 Å². The van der Waals surface area contributed by atoms with Crippen molar-refractivity contribution >= 4 is 45.2 Å². The van der Waals surface area contributed by atoms with Crippen molar-refractivity contribution in [2.24, 2.45) is 29.6 Å². The highest BCUT2D eigenvalue weighted by Gasteiger charge is 2.50. The first-order valence-corrected chi connectivity index (χ1v) is 21.2. The van der Waals surface area contributed by atoms with Crippen LogP contribution in [0.1, 0.15) is 71.3 Å². The standard InChI is InChI=1S/C48H59N3O12/c1-23-15-13-16-24(2)47(57)50-39-42(55)35-34(38-45(39)62-33-18-14-17-32(37(33)49-38)59-22-20-51(10)11)36-44(29(7)41(35)54)63-48(9,46(36)56)60-21-19-31(58-12)28(6)43(61-30(8)52)27(5)25(3)26(4)40(23)53/h13-19,21,23,25-28,31,40,43,53-54H,20,22H2,1-12H3,(H,50,57)/b15-13+,21-19+,24-16-/t23-,25+,26-,27+,28+,31-,40-,43-,48-/m0/s1. The molecule has 6 rings (SSSR count). The smallest absolute Gasteiger partial charge is 0.312 e. The third-order valence-electron chi connectivity index (χ3n) is 12.7. The van der Waals surface area contributed by atoms with Crippen molar-refractivity contribution in [1.29, 1.82) is 0 Å². The van der Waals surface area contributed by atoms with E-state index in [0.717, 1.165) is 0 Å². The number of ketones is 1. The summed E-state index contributed by atoms with van der Waals surface area (Å²) in [5.41, 5.74) is -0.476. The molecule has 0 spiro atoms. The molecule has 1 amide bonds. The summed E-state index contributed by atoms with van der Waals surface area (Å²) in [6, 6.07) is 5.06. The molecule has 2 aromatic carbocycles. The number of allylic oxidation sites excluding steroid dienone is 2. The van der Waals surface area contributed by atoms with Crippen molar-refractivity contribution in [1.82, 2.24) is 9.88 Å². The number of esters is 1. The summed E-state index contributed by atoms with van der Waals surface area (Å²) in [5, 5.41) is 25.7. The zero-order chi connectivity index (χ0) is 46.2. The molecule has 2 aromatic rings. The van der Waals surface area contributed by atoms with Gasteiger partial charge >= 0.3 is 11.8 Å². The fourth-order valence-corrected chi connectivity index (χ4v) is 8.47. The SMILES string of the molecule is CO[C@H]1/C=C/O[C@@]2(C)Oc3c(C)c(O)c4c(=O)c(c5oc6cccc(OCCN(C)C)c6nc-5c4c3C2=O)NC(=O)/C(C)=C\C=C\[C@H](C)[C@H](O)[C@@H](C)[C@@H](C)[C@@H](C)[C@H](OC(C)=O)[C@@H]1C. The van der Waals surface area contributed by atoms with Gasteiger partial charge in [0.25, 0.3) is 11.7 Å². The number of hydrogen-bond donors (Lipinski definition) is 3. The first kappa shape index (κ1) is 46.7. The lowest BCUT2D eigenvalue weighted by Crippen LogP contribution is -2.43. The number of methoxy groups -OCH3 is 1. The number of nitrogens with zero attached hydrogens (tertiary/aromatic N) is 2. The minimum absolute atomic E-state index is 0.0274. The first-order chi connectivity index (χ1) is 29.7. The predicted molar refractivity (Wildman–Crippen MR) is 238 cm³/mol. The van der Waals surface area contributed by atoms with E-state index in [9.17, 15) is 29.4 Å². The summed E-state index contributed by atoms with van der Waals surface area (Å²) in [6.45, 7) is 16.4. The number of aliphatic hydroxyl groups excluding tert-OH is 1. The van der Waals surface area contributed by atoms with E-state index in [2.05, 4.69) is 5.32 Å². The minimum Gasteiger partial charge on any atom is -0.507 e. The van der Waals surface area contributed by atoms with Crippen LogP contribution in [0.2, 0.25) is 0 Å². The number of carbonyl (C=O) groups excluding carboxylic acids is 3. The van der Waals surface area contributed by atoms with Crippen LogP contribution in [-0.4, -0.2) is 96.2 Å². The third kappa shape index (κ3) is 8.91. The Morgan fingerprint density at radius 3 is 2.38 bits per heavy atom. The molecule has 0 radical (unpaired) electrons. The van der Waals surface area contributed by atoms with Crippen LogP contribution in [-0.2, 0) is 23.8 Å². The Bertz CT molecular complexity index is 2540. The molecule has 3 heterocycles. The quantitative estimate of drug-likeness (QED) is 0.100. The van der Waals surface area contributed by atoms with Gasteiger partial charge in [0, 0.05) is 55.9 Å². The largest absolute Gasteiger partial charge is 0.507 e. The number of hydrogen-bond acceptors (Lipinski definition) is 14. The lowest BCUT2D eigenvalue weighted by atomic mass is 9.73. The maximum Gasteiger partial charge on any atom is 0.312 e. The number of carbonyl (C=O) groups is 3. The summed E-state index contributed by atoms with van der Waals surface area (Å²) in [4.78, 5) is 62.8. The van der Waals surface area contributed by atoms with Crippen molar-refractivity contribution < 1.29 is 52.7 Å². The predicted octanol–water partition coefficient (Wildman–Crippen LogP) is 7.16. The zero-order valence-electron chi connectivity index (χ0n) is 38.0. The number of benzene rings is 3. The number of fused-ring (bicyclic) bond motifs is 2. The van der Waals surface area contributed by atoms with Gasteiger partial charge in [-0.25, -0.2) is 4.98 Å². The average molecular weight is 870 g/mol. The molecular weight excluding hydrogens is 811 g/mol. The molecule has 4 bridgehead atoms. The number of aliphatic hydroxyl groups is 1. The Balaban J connectivity index is 1.60. The fraction of sp³-hybridized carbons (Fsp3) is 0.479. The normalized spacial score (nSPS) is 29.0. The molecule has 4 aliphatic rings. The molecule has 63 heavy (non-hydrogen) atoms. The van der Waals surface area contributed by atoms with Crippen LogP contribution < -0.4 is 20.2 Å². The number of rotatable bonds is 6. The maximum atomic E-state index is 14.8. The number of likely N-dealkylation sites (N-methyl/N-ethyl adjacent to an activating group) is 1. The van der Waals surface area contributed by atoms with Crippen LogP contribution >= 0.6 is 0 Å². The van der Waals surface area contributed by atoms with E-state index in [-0.39, 0.29) is 85.1 Å². The highest BCUT2D eigenvalue weighted by Crippen LogP contribution is 2.51. The van der Waals surface area contributed by atoms with E-state index in [1.54, 1.807) is 49.4 Å². The summed E-state index contributed by atoms with van der Waals surface area (Å²) in [6.07, 6.45) is 5.73. The lowest BCUT2D eigenvalue weighted by molar-refractivity contribution is -0.157. The molecule has 3 aliphatic heterocycles. The van der Waals surface area contributed by atoms with E-state index < -0.39 is 58.9 Å². The molecule has 1 aliphatic carbocycles. The highest BCUT2D eigenvalue weighted by molar-refractivity contribution is 6.22. The molecule has 15 heteroatoms. The number of aromatic nitrogens is 1. The lowest BCUT2D eigenvalue weighted by Gasteiger charge is -2.39. The Kier molecular flexibility index (Phi) is 13.7. The first-order valence-electron chi connectivity index (χ1n) is 21.2. The van der Waals surface area contributed by atoms with Crippen molar-refractivity contribution in [3.8, 4) is 28.7 Å². The van der Waals surface area contributed by atoms with Crippen LogP contribution in [0, 0.1) is 36.5 Å². The summed E-state index contributed by atoms with van der Waals surface area (Å²) >= 11 is 0. The number of nitrogens with one attached hydrogen (secondary N) is 1. The van der Waals surface area contributed by atoms with E-state index in [1.807, 2.05) is 53.6 Å². The molecule has 0 aromatic heterocycles. The van der Waals surface area contributed by atoms with Gasteiger partial charge in [0.2, 0.25) is 5.43 Å². The number of amides is 1. The Hall–Kier alpha value is -5.77. The van der Waals surface area contributed by atoms with Gasteiger partial charge in [0.05, 0.1) is 29.4 Å². The molecule has 0 saturated carbocycles. The van der Waals surface area contributed by atoms with Gasteiger partial charge in [-0.05, 0) is 63.9 Å². The number of anilines is 1. The van der Waals surface area contributed by atoms with Gasteiger partial charge in [-0.3, -0.25) is 19.2 Å². The van der Waals surface area contributed by atoms with E-state index in [0.29, 0.717) is 18.9 Å². The molecule has 0 unspecified atom stereocenters. The van der Waals surface area contributed by atoms with Crippen molar-refractivity contribution in [2.75, 3.05) is 39.7 Å². The van der Waals surface area contributed by atoms with Gasteiger partial charge in [0.15, 0.2) is 11.3 Å². The second-order valence-corrected chi connectivity index (χ2v) is 17.4. The van der Waals surface area contributed by atoms with Gasteiger partial charge in [-0.1, -0.05) is 58.9 Å².